The predicted octanol–water partition coefficient (Wildman–Crippen LogP) is 0.602. The van der Waals surface area contributed by atoms with Crippen molar-refractivity contribution >= 4 is 23.8 Å². The molecule has 0 aliphatic heterocycles. The normalized spacial score (nSPS) is 18.6. The van der Waals surface area contributed by atoms with Crippen LogP contribution in [0.4, 0.5) is 4.79 Å². The molecule has 1 aromatic carbocycles. The number of benzene rings is 1. The molecule has 0 radical (unpaired) electrons. The third-order valence-electron chi connectivity index (χ3n) is 4.56. The first-order valence-electron chi connectivity index (χ1n) is 9.03. The van der Waals surface area contributed by atoms with E-state index in [0.29, 0.717) is 19.3 Å². The van der Waals surface area contributed by atoms with Gasteiger partial charge >= 0.3 is 12.1 Å². The predicted molar refractivity (Wildman–Crippen MR) is 97.2 cm³/mol. The minimum absolute atomic E-state index is 0.0195. The molecule has 2 amide bonds. The number of ether oxygens (including phenoxy) is 1. The Labute approximate surface area is 162 Å². The highest BCUT2D eigenvalue weighted by molar-refractivity contribution is 5.90. The van der Waals surface area contributed by atoms with Crippen molar-refractivity contribution in [1.82, 2.24) is 10.6 Å². The van der Waals surface area contributed by atoms with Gasteiger partial charge in [-0.05, 0) is 24.3 Å². The number of carboxylic acid groups (broad SMARTS) is 1. The SMILES string of the molecule is O=C1CCC[C@H]([C@H](NC(=O)[C@H](CO)NC(=O)OCc2ccccc2)C(=O)O)C1. The summed E-state index contributed by atoms with van der Waals surface area (Å²) in [5.41, 5.74) is 0.746. The molecule has 1 aromatic rings. The highest BCUT2D eigenvalue weighted by Gasteiger charge is 2.35. The molecule has 1 aliphatic carbocycles. The minimum atomic E-state index is -1.37. The number of nitrogens with one attached hydrogen (secondary N) is 2. The molecule has 3 atom stereocenters. The molecule has 9 nitrogen and oxygen atoms in total. The molecule has 28 heavy (non-hydrogen) atoms. The molecule has 4 N–H and O–H groups in total. The summed E-state index contributed by atoms with van der Waals surface area (Å²) in [6.07, 6.45) is 0.631. The molecule has 1 aliphatic rings. The molecular formula is C19H24N2O7. The molecule has 1 saturated carbocycles. The van der Waals surface area contributed by atoms with Crippen LogP contribution < -0.4 is 10.6 Å². The average molecular weight is 392 g/mol. The zero-order chi connectivity index (χ0) is 20.5. The van der Waals surface area contributed by atoms with E-state index in [9.17, 15) is 29.4 Å². The first-order valence-corrected chi connectivity index (χ1v) is 9.03. The molecule has 152 valence electrons. The molecule has 0 aromatic heterocycles. The van der Waals surface area contributed by atoms with Crippen LogP contribution in [-0.2, 0) is 25.7 Å². The highest BCUT2D eigenvalue weighted by Crippen LogP contribution is 2.24. The molecule has 0 spiro atoms. The molecular weight excluding hydrogens is 368 g/mol. The Hall–Kier alpha value is -2.94. The Bertz CT molecular complexity index is 707. The van der Waals surface area contributed by atoms with Crippen molar-refractivity contribution in [2.24, 2.45) is 5.92 Å². The van der Waals surface area contributed by atoms with Crippen LogP contribution in [0, 0.1) is 5.92 Å². The van der Waals surface area contributed by atoms with E-state index in [-0.39, 0.29) is 18.8 Å². The number of rotatable bonds is 8. The van der Waals surface area contributed by atoms with Crippen LogP contribution >= 0.6 is 0 Å². The van der Waals surface area contributed by atoms with E-state index in [1.165, 1.54) is 0 Å². The fourth-order valence-electron chi connectivity index (χ4n) is 3.08. The molecule has 9 heteroatoms. The summed E-state index contributed by atoms with van der Waals surface area (Å²) in [5.74, 6) is -2.69. The first-order chi connectivity index (χ1) is 13.4. The van der Waals surface area contributed by atoms with E-state index in [1.54, 1.807) is 24.3 Å². The fraction of sp³-hybridized carbons (Fsp3) is 0.474. The number of aliphatic carboxylic acids is 1. The highest BCUT2D eigenvalue weighted by atomic mass is 16.5. The monoisotopic (exact) mass is 392 g/mol. The quantitative estimate of drug-likeness (QED) is 0.507. The van der Waals surface area contributed by atoms with Crippen molar-refractivity contribution < 1.29 is 34.1 Å². The number of aliphatic hydroxyl groups excluding tert-OH is 1. The van der Waals surface area contributed by atoms with Crippen molar-refractivity contribution in [2.45, 2.75) is 44.4 Å². The summed E-state index contributed by atoms with van der Waals surface area (Å²) in [6.45, 7) is -0.753. The van der Waals surface area contributed by atoms with Gasteiger partial charge in [0.05, 0.1) is 6.61 Å². The van der Waals surface area contributed by atoms with Gasteiger partial charge in [0.15, 0.2) is 0 Å². The number of aliphatic hydroxyl groups is 1. The molecule has 0 heterocycles. The van der Waals surface area contributed by atoms with Crippen LogP contribution in [-0.4, -0.2) is 52.7 Å². The van der Waals surface area contributed by atoms with Gasteiger partial charge in [-0.1, -0.05) is 30.3 Å². The summed E-state index contributed by atoms with van der Waals surface area (Å²) in [5, 5.41) is 23.3. The zero-order valence-electron chi connectivity index (χ0n) is 15.3. The largest absolute Gasteiger partial charge is 0.480 e. The second-order valence-electron chi connectivity index (χ2n) is 6.66. The third kappa shape index (κ3) is 6.34. The molecule has 0 saturated heterocycles. The number of Topliss-reactive ketones (excluding diaryl/α,β-unsaturated/α-hetero) is 1. The van der Waals surface area contributed by atoms with Crippen molar-refractivity contribution in [1.29, 1.82) is 0 Å². The van der Waals surface area contributed by atoms with Gasteiger partial charge < -0.3 is 25.6 Å². The summed E-state index contributed by atoms with van der Waals surface area (Å²) in [4.78, 5) is 47.3. The van der Waals surface area contributed by atoms with Crippen molar-refractivity contribution in [3.05, 3.63) is 35.9 Å². The molecule has 0 bridgehead atoms. The fourth-order valence-corrected chi connectivity index (χ4v) is 3.08. The maximum Gasteiger partial charge on any atom is 0.408 e. The van der Waals surface area contributed by atoms with Crippen LogP contribution in [0.2, 0.25) is 0 Å². The van der Waals surface area contributed by atoms with Gasteiger partial charge in [-0.15, -0.1) is 0 Å². The standard InChI is InChI=1S/C19H24N2O7/c22-10-15(20-19(27)28-11-12-5-2-1-3-6-12)17(24)21-16(18(25)26)13-7-4-8-14(23)9-13/h1-3,5-6,13,15-16,22H,4,7-11H2,(H,20,27)(H,21,24)(H,25,26)/t13-,15-,16-/m0/s1. The lowest BCUT2D eigenvalue weighted by Crippen LogP contribution is -2.55. The van der Waals surface area contributed by atoms with Gasteiger partial charge in [-0.3, -0.25) is 9.59 Å². The summed E-state index contributed by atoms with van der Waals surface area (Å²) in [7, 11) is 0. The van der Waals surface area contributed by atoms with E-state index in [2.05, 4.69) is 10.6 Å². The smallest absolute Gasteiger partial charge is 0.408 e. The van der Waals surface area contributed by atoms with E-state index >= 15 is 0 Å². The van der Waals surface area contributed by atoms with Crippen LogP contribution in [0.1, 0.15) is 31.2 Å². The van der Waals surface area contributed by atoms with Gasteiger partial charge in [0.2, 0.25) is 5.91 Å². The Kier molecular flexibility index (Phi) is 7.94. The van der Waals surface area contributed by atoms with Gasteiger partial charge in [-0.2, -0.15) is 0 Å². The zero-order valence-corrected chi connectivity index (χ0v) is 15.3. The van der Waals surface area contributed by atoms with Crippen molar-refractivity contribution in [3.63, 3.8) is 0 Å². The van der Waals surface area contributed by atoms with Gasteiger partial charge in [-0.25, -0.2) is 9.59 Å². The number of carbonyl (C=O) groups excluding carboxylic acids is 3. The Balaban J connectivity index is 1.90. The second-order valence-corrected chi connectivity index (χ2v) is 6.66. The molecule has 2 rings (SSSR count). The lowest BCUT2D eigenvalue weighted by Gasteiger charge is -2.28. The topological polar surface area (TPSA) is 142 Å². The number of ketones is 1. The van der Waals surface area contributed by atoms with Crippen LogP contribution in [0.5, 0.6) is 0 Å². The number of amides is 2. The van der Waals surface area contributed by atoms with E-state index in [1.807, 2.05) is 6.07 Å². The lowest BCUT2D eigenvalue weighted by atomic mass is 9.83. The summed E-state index contributed by atoms with van der Waals surface area (Å²) < 4.78 is 4.99. The number of hydrogen-bond acceptors (Lipinski definition) is 6. The Morgan fingerprint density at radius 1 is 1.18 bits per heavy atom. The Morgan fingerprint density at radius 2 is 1.89 bits per heavy atom. The van der Waals surface area contributed by atoms with Crippen LogP contribution in [0.3, 0.4) is 0 Å². The number of carboxylic acids is 1. The maximum absolute atomic E-state index is 12.3. The number of carbonyl (C=O) groups is 4. The van der Waals surface area contributed by atoms with E-state index in [4.69, 9.17) is 4.74 Å². The van der Waals surface area contributed by atoms with E-state index in [0.717, 1.165) is 5.56 Å². The second kappa shape index (κ2) is 10.4. The van der Waals surface area contributed by atoms with Gasteiger partial charge in [0.1, 0.15) is 24.5 Å². The lowest BCUT2D eigenvalue weighted by molar-refractivity contribution is -0.144. The summed E-state index contributed by atoms with van der Waals surface area (Å²) in [6, 6.07) is 6.25. The van der Waals surface area contributed by atoms with Gasteiger partial charge in [0.25, 0.3) is 0 Å². The average Bonchev–Trinajstić information content (AvgIpc) is 2.69. The van der Waals surface area contributed by atoms with Crippen LogP contribution in [0.15, 0.2) is 30.3 Å². The maximum atomic E-state index is 12.3. The Morgan fingerprint density at radius 3 is 2.50 bits per heavy atom. The van der Waals surface area contributed by atoms with Crippen molar-refractivity contribution in [2.75, 3.05) is 6.61 Å². The molecule has 1 fully saturated rings. The first kappa shape index (κ1) is 21.4. The minimum Gasteiger partial charge on any atom is -0.480 e. The summed E-state index contributed by atoms with van der Waals surface area (Å²) >= 11 is 0. The number of hydrogen-bond donors (Lipinski definition) is 4. The van der Waals surface area contributed by atoms with Crippen LogP contribution in [0.25, 0.3) is 0 Å². The third-order valence-corrected chi connectivity index (χ3v) is 4.56. The number of alkyl carbamates (subject to hydrolysis) is 1. The van der Waals surface area contributed by atoms with Crippen molar-refractivity contribution in [3.8, 4) is 0 Å². The van der Waals surface area contributed by atoms with Gasteiger partial charge in [0, 0.05) is 12.8 Å². The molecule has 0 unspecified atom stereocenters. The van der Waals surface area contributed by atoms with E-state index < -0.39 is 42.6 Å².